The van der Waals surface area contributed by atoms with Gasteiger partial charge >= 0.3 is 5.97 Å². The van der Waals surface area contributed by atoms with E-state index >= 15 is 0 Å². The Balaban J connectivity index is 2.57. The number of hydrogen-bond acceptors (Lipinski definition) is 2. The van der Waals surface area contributed by atoms with E-state index in [1.54, 1.807) is 25.1 Å². The molecule has 1 N–H and O–H groups in total. The van der Waals surface area contributed by atoms with Gasteiger partial charge in [0.05, 0.1) is 16.4 Å². The van der Waals surface area contributed by atoms with Crippen LogP contribution in [0.3, 0.4) is 0 Å². The Bertz CT molecular complexity index is 593. The normalized spacial score (nSPS) is 10.5. The van der Waals surface area contributed by atoms with E-state index in [-0.39, 0.29) is 5.56 Å². The summed E-state index contributed by atoms with van der Waals surface area (Å²) in [6.07, 6.45) is 1.41. The van der Waals surface area contributed by atoms with Crippen LogP contribution < -0.4 is 0 Å². The van der Waals surface area contributed by atoms with Gasteiger partial charge in [-0.25, -0.2) is 9.48 Å². The highest BCUT2D eigenvalue weighted by Crippen LogP contribution is 2.24. The van der Waals surface area contributed by atoms with Gasteiger partial charge in [-0.05, 0) is 25.1 Å². The molecule has 0 aliphatic carbocycles. The van der Waals surface area contributed by atoms with Crippen molar-refractivity contribution < 1.29 is 9.90 Å². The molecule has 0 fully saturated rings. The van der Waals surface area contributed by atoms with Crippen molar-refractivity contribution in [3.63, 3.8) is 0 Å². The fourth-order valence-electron chi connectivity index (χ4n) is 1.45. The zero-order chi connectivity index (χ0) is 12.6. The number of carbonyl (C=O) groups is 1. The minimum atomic E-state index is -1.02. The van der Waals surface area contributed by atoms with Gasteiger partial charge in [0.2, 0.25) is 0 Å². The Hall–Kier alpha value is -1.52. The van der Waals surface area contributed by atoms with E-state index in [9.17, 15) is 4.79 Å². The largest absolute Gasteiger partial charge is 0.478 e. The Morgan fingerprint density at radius 1 is 1.41 bits per heavy atom. The van der Waals surface area contributed by atoms with Gasteiger partial charge in [0.25, 0.3) is 0 Å². The summed E-state index contributed by atoms with van der Waals surface area (Å²) in [5.74, 6) is -1.02. The molecule has 0 aliphatic rings. The minimum absolute atomic E-state index is 0.140. The van der Waals surface area contributed by atoms with Crippen LogP contribution in [0.15, 0.2) is 24.4 Å². The van der Waals surface area contributed by atoms with Crippen LogP contribution in [0.4, 0.5) is 0 Å². The second-order valence-electron chi connectivity index (χ2n) is 3.47. The van der Waals surface area contributed by atoms with Crippen molar-refractivity contribution >= 4 is 29.2 Å². The van der Waals surface area contributed by atoms with E-state index in [0.29, 0.717) is 21.4 Å². The standard InChI is InChI=1S/C11H8Cl2N2O2/c1-6-8(11(16)17)5-15(14-6)10-4-7(12)2-3-9(10)13/h2-5H,1H3,(H,16,17). The Labute approximate surface area is 107 Å². The predicted molar refractivity (Wildman–Crippen MR) is 65.3 cm³/mol. The van der Waals surface area contributed by atoms with Gasteiger partial charge in [-0.15, -0.1) is 0 Å². The molecule has 0 saturated carbocycles. The molecule has 0 saturated heterocycles. The number of carboxylic acid groups (broad SMARTS) is 1. The first-order valence-corrected chi connectivity index (χ1v) is 5.49. The molecule has 6 heteroatoms. The molecule has 0 aliphatic heterocycles. The van der Waals surface area contributed by atoms with Crippen LogP contribution in [0.5, 0.6) is 0 Å². The molecule has 1 aromatic carbocycles. The maximum Gasteiger partial charge on any atom is 0.339 e. The van der Waals surface area contributed by atoms with Crippen molar-refractivity contribution in [2.75, 3.05) is 0 Å². The molecule has 0 unspecified atom stereocenters. The van der Waals surface area contributed by atoms with Gasteiger partial charge in [-0.3, -0.25) is 0 Å². The number of aryl methyl sites for hydroxylation is 1. The number of nitrogens with zero attached hydrogens (tertiary/aromatic N) is 2. The summed E-state index contributed by atoms with van der Waals surface area (Å²) in [5.41, 5.74) is 1.12. The number of aromatic carboxylic acids is 1. The number of hydrogen-bond donors (Lipinski definition) is 1. The first kappa shape index (κ1) is 12.0. The quantitative estimate of drug-likeness (QED) is 0.912. The van der Waals surface area contributed by atoms with Gasteiger partial charge in [0.15, 0.2) is 0 Å². The fraction of sp³-hybridized carbons (Fsp3) is 0.0909. The minimum Gasteiger partial charge on any atom is -0.478 e. The average Bonchev–Trinajstić information content (AvgIpc) is 2.64. The number of rotatable bonds is 2. The first-order valence-electron chi connectivity index (χ1n) is 4.74. The van der Waals surface area contributed by atoms with E-state index in [0.717, 1.165) is 0 Å². The maximum absolute atomic E-state index is 10.9. The van der Waals surface area contributed by atoms with Crippen molar-refractivity contribution in [3.8, 4) is 5.69 Å². The van der Waals surface area contributed by atoms with E-state index < -0.39 is 5.97 Å². The molecule has 0 amide bonds. The highest BCUT2D eigenvalue weighted by atomic mass is 35.5. The second-order valence-corrected chi connectivity index (χ2v) is 4.32. The van der Waals surface area contributed by atoms with E-state index in [1.165, 1.54) is 10.9 Å². The molecule has 2 aromatic rings. The number of benzene rings is 1. The van der Waals surface area contributed by atoms with Crippen molar-refractivity contribution in [1.29, 1.82) is 0 Å². The third-order valence-corrected chi connectivity index (χ3v) is 2.84. The molecule has 2 rings (SSSR count). The van der Waals surface area contributed by atoms with Gasteiger partial charge in [0.1, 0.15) is 5.56 Å². The topological polar surface area (TPSA) is 55.1 Å². The predicted octanol–water partition coefficient (Wildman–Crippen LogP) is 3.19. The Morgan fingerprint density at radius 3 is 2.71 bits per heavy atom. The molecule has 4 nitrogen and oxygen atoms in total. The number of carboxylic acids is 1. The molecular formula is C11H8Cl2N2O2. The van der Waals surface area contributed by atoms with Crippen molar-refractivity contribution in [2.45, 2.75) is 6.92 Å². The lowest BCUT2D eigenvalue weighted by molar-refractivity contribution is 0.0696. The molecule has 1 heterocycles. The van der Waals surface area contributed by atoms with Crippen LogP contribution in [0.25, 0.3) is 5.69 Å². The Kier molecular flexibility index (Phi) is 3.09. The lowest BCUT2D eigenvalue weighted by atomic mass is 10.3. The zero-order valence-electron chi connectivity index (χ0n) is 8.82. The summed E-state index contributed by atoms with van der Waals surface area (Å²) >= 11 is 11.9. The molecule has 0 spiro atoms. The van der Waals surface area contributed by atoms with Crippen LogP contribution in [0.2, 0.25) is 10.0 Å². The monoisotopic (exact) mass is 270 g/mol. The molecule has 88 valence electrons. The third kappa shape index (κ3) is 2.28. The summed E-state index contributed by atoms with van der Waals surface area (Å²) in [5, 5.41) is 14.0. The van der Waals surface area contributed by atoms with Gasteiger partial charge in [0, 0.05) is 11.2 Å². The summed E-state index contributed by atoms with van der Waals surface area (Å²) in [7, 11) is 0. The first-order chi connectivity index (χ1) is 7.99. The van der Waals surface area contributed by atoms with Crippen molar-refractivity contribution in [1.82, 2.24) is 9.78 Å². The lowest BCUT2D eigenvalue weighted by Crippen LogP contribution is -1.96. The molecule has 0 atom stereocenters. The summed E-state index contributed by atoms with van der Waals surface area (Å²) in [4.78, 5) is 10.9. The highest BCUT2D eigenvalue weighted by molar-refractivity contribution is 6.34. The molecule has 0 bridgehead atoms. The smallest absolute Gasteiger partial charge is 0.339 e. The third-order valence-electron chi connectivity index (χ3n) is 2.28. The second kappa shape index (κ2) is 4.39. The molecular weight excluding hydrogens is 263 g/mol. The van der Waals surface area contributed by atoms with Crippen molar-refractivity contribution in [3.05, 3.63) is 45.7 Å². The SMILES string of the molecule is Cc1nn(-c2cc(Cl)ccc2Cl)cc1C(=O)O. The summed E-state index contributed by atoms with van der Waals surface area (Å²) in [6.45, 7) is 1.62. The molecule has 0 radical (unpaired) electrons. The van der Waals surface area contributed by atoms with Crippen LogP contribution in [-0.4, -0.2) is 20.9 Å². The molecule has 1 aromatic heterocycles. The van der Waals surface area contributed by atoms with Gasteiger partial charge in [-0.1, -0.05) is 23.2 Å². The van der Waals surface area contributed by atoms with E-state index in [4.69, 9.17) is 28.3 Å². The average molecular weight is 271 g/mol. The Morgan fingerprint density at radius 2 is 2.12 bits per heavy atom. The maximum atomic E-state index is 10.9. The fourth-order valence-corrected chi connectivity index (χ4v) is 1.83. The van der Waals surface area contributed by atoms with E-state index in [1.807, 2.05) is 0 Å². The zero-order valence-corrected chi connectivity index (χ0v) is 10.3. The van der Waals surface area contributed by atoms with Crippen LogP contribution >= 0.6 is 23.2 Å². The number of halogens is 2. The van der Waals surface area contributed by atoms with Crippen LogP contribution in [0, 0.1) is 6.92 Å². The molecule has 17 heavy (non-hydrogen) atoms. The van der Waals surface area contributed by atoms with Gasteiger partial charge in [-0.2, -0.15) is 5.10 Å². The van der Waals surface area contributed by atoms with E-state index in [2.05, 4.69) is 5.10 Å². The van der Waals surface area contributed by atoms with Gasteiger partial charge < -0.3 is 5.11 Å². The lowest BCUT2D eigenvalue weighted by Gasteiger charge is -2.04. The number of aromatic nitrogens is 2. The summed E-state index contributed by atoms with van der Waals surface area (Å²) in [6, 6.07) is 4.92. The summed E-state index contributed by atoms with van der Waals surface area (Å²) < 4.78 is 1.41. The van der Waals surface area contributed by atoms with Crippen molar-refractivity contribution in [2.24, 2.45) is 0 Å². The van der Waals surface area contributed by atoms with Crippen LogP contribution in [0.1, 0.15) is 16.1 Å². The van der Waals surface area contributed by atoms with Crippen LogP contribution in [-0.2, 0) is 0 Å². The highest BCUT2D eigenvalue weighted by Gasteiger charge is 2.14.